The van der Waals surface area contributed by atoms with Crippen molar-refractivity contribution in [2.45, 2.75) is 26.8 Å². The summed E-state index contributed by atoms with van der Waals surface area (Å²) >= 11 is 0. The fourth-order valence-electron chi connectivity index (χ4n) is 1.77. The van der Waals surface area contributed by atoms with Crippen LogP contribution in [0.25, 0.3) is 0 Å². The molecule has 1 N–H and O–H groups in total. The van der Waals surface area contributed by atoms with Crippen LogP contribution in [0, 0.1) is 13.8 Å². The molecule has 0 saturated heterocycles. The monoisotopic (exact) mass is 235 g/mol. The molecule has 0 atom stereocenters. The van der Waals surface area contributed by atoms with Crippen LogP contribution in [-0.4, -0.2) is 26.0 Å². The van der Waals surface area contributed by atoms with E-state index in [1.165, 1.54) is 0 Å². The predicted octanol–water partition coefficient (Wildman–Crippen LogP) is 1.16. The lowest BCUT2D eigenvalue weighted by atomic mass is 10.1. The fourth-order valence-corrected chi connectivity index (χ4v) is 1.77. The Morgan fingerprint density at radius 3 is 2.88 bits per heavy atom. The molecule has 0 saturated carbocycles. The molecule has 0 fully saturated rings. The largest absolute Gasteiger partial charge is 0.481 e. The summed E-state index contributed by atoms with van der Waals surface area (Å²) in [5.41, 5.74) is 3.29. The Morgan fingerprint density at radius 1 is 1.53 bits per heavy atom. The molecule has 6 heteroatoms. The van der Waals surface area contributed by atoms with E-state index in [2.05, 4.69) is 10.3 Å². The van der Waals surface area contributed by atoms with Gasteiger partial charge >= 0.3 is 5.97 Å². The zero-order valence-corrected chi connectivity index (χ0v) is 9.67. The summed E-state index contributed by atoms with van der Waals surface area (Å²) in [5.74, 6) is -0.847. The van der Waals surface area contributed by atoms with Crippen LogP contribution in [0.4, 0.5) is 0 Å². The minimum absolute atomic E-state index is 0.00129. The molecular weight excluding hydrogens is 222 g/mol. The van der Waals surface area contributed by atoms with E-state index in [0.717, 1.165) is 22.5 Å². The van der Waals surface area contributed by atoms with Gasteiger partial charge in [-0.3, -0.25) is 9.48 Å². The molecule has 0 amide bonds. The molecule has 2 rings (SSSR count). The van der Waals surface area contributed by atoms with Crippen LogP contribution < -0.4 is 0 Å². The third-order valence-electron chi connectivity index (χ3n) is 2.68. The molecule has 0 aliphatic heterocycles. The van der Waals surface area contributed by atoms with Crippen LogP contribution in [-0.2, 0) is 17.8 Å². The zero-order valence-electron chi connectivity index (χ0n) is 9.67. The van der Waals surface area contributed by atoms with Gasteiger partial charge in [0.15, 0.2) is 0 Å². The van der Waals surface area contributed by atoms with Gasteiger partial charge in [-0.15, -0.1) is 0 Å². The SMILES string of the molecule is Cc1nn(Cc2cnoc2)c(C)c1CC(=O)O. The highest BCUT2D eigenvalue weighted by Gasteiger charge is 2.14. The molecule has 6 nitrogen and oxygen atoms in total. The van der Waals surface area contributed by atoms with Crippen molar-refractivity contribution in [2.75, 3.05) is 0 Å². The Morgan fingerprint density at radius 2 is 2.29 bits per heavy atom. The lowest BCUT2D eigenvalue weighted by Crippen LogP contribution is -2.05. The van der Waals surface area contributed by atoms with E-state index >= 15 is 0 Å². The second kappa shape index (κ2) is 4.40. The van der Waals surface area contributed by atoms with Crippen molar-refractivity contribution in [1.82, 2.24) is 14.9 Å². The van der Waals surface area contributed by atoms with Crippen molar-refractivity contribution in [3.05, 3.63) is 35.0 Å². The highest BCUT2D eigenvalue weighted by Crippen LogP contribution is 2.15. The van der Waals surface area contributed by atoms with Gasteiger partial charge in [0.05, 0.1) is 24.9 Å². The molecule has 0 aliphatic carbocycles. The van der Waals surface area contributed by atoms with E-state index < -0.39 is 5.97 Å². The van der Waals surface area contributed by atoms with Crippen LogP contribution >= 0.6 is 0 Å². The van der Waals surface area contributed by atoms with Gasteiger partial charge in [-0.1, -0.05) is 5.16 Å². The van der Waals surface area contributed by atoms with Gasteiger partial charge in [0.1, 0.15) is 6.26 Å². The van der Waals surface area contributed by atoms with E-state index in [0.29, 0.717) is 6.54 Å². The standard InChI is InChI=1S/C11H13N3O3/c1-7-10(3-11(15)16)8(2)14(13-7)5-9-4-12-17-6-9/h4,6H,3,5H2,1-2H3,(H,15,16). The van der Waals surface area contributed by atoms with Crippen molar-refractivity contribution in [1.29, 1.82) is 0 Å². The molecule has 0 aliphatic rings. The third kappa shape index (κ3) is 2.35. The highest BCUT2D eigenvalue weighted by atomic mass is 16.5. The summed E-state index contributed by atoms with van der Waals surface area (Å²) in [6, 6.07) is 0. The highest BCUT2D eigenvalue weighted by molar-refractivity contribution is 5.70. The molecule has 0 aromatic carbocycles. The van der Waals surface area contributed by atoms with Gasteiger partial charge in [-0.05, 0) is 13.8 Å². The Labute approximate surface area is 97.8 Å². The first-order valence-corrected chi connectivity index (χ1v) is 5.21. The number of hydrogen-bond acceptors (Lipinski definition) is 4. The van der Waals surface area contributed by atoms with Gasteiger partial charge in [0, 0.05) is 16.8 Å². The van der Waals surface area contributed by atoms with E-state index in [-0.39, 0.29) is 6.42 Å². The molecule has 17 heavy (non-hydrogen) atoms. The molecule has 2 aromatic rings. The first kappa shape index (κ1) is 11.4. The molecular formula is C11H13N3O3. The van der Waals surface area contributed by atoms with Gasteiger partial charge in [-0.25, -0.2) is 0 Å². The van der Waals surface area contributed by atoms with Crippen molar-refractivity contribution in [2.24, 2.45) is 0 Å². The Hall–Kier alpha value is -2.11. The molecule has 0 bridgehead atoms. The molecule has 0 radical (unpaired) electrons. The molecule has 90 valence electrons. The number of carboxylic acids is 1. The van der Waals surface area contributed by atoms with Crippen molar-refractivity contribution >= 4 is 5.97 Å². The normalized spacial score (nSPS) is 10.7. The van der Waals surface area contributed by atoms with Crippen LogP contribution in [0.2, 0.25) is 0 Å². The van der Waals surface area contributed by atoms with E-state index in [1.807, 2.05) is 13.8 Å². The van der Waals surface area contributed by atoms with Crippen LogP contribution in [0.15, 0.2) is 17.0 Å². The first-order valence-electron chi connectivity index (χ1n) is 5.21. The summed E-state index contributed by atoms with van der Waals surface area (Å²) in [7, 11) is 0. The number of carbonyl (C=O) groups is 1. The summed E-state index contributed by atoms with van der Waals surface area (Å²) in [5, 5.41) is 16.8. The predicted molar refractivity (Wildman–Crippen MR) is 58.6 cm³/mol. The summed E-state index contributed by atoms with van der Waals surface area (Å²) in [4.78, 5) is 10.7. The quantitative estimate of drug-likeness (QED) is 0.860. The average molecular weight is 235 g/mol. The molecule has 0 spiro atoms. The zero-order chi connectivity index (χ0) is 12.4. The van der Waals surface area contributed by atoms with E-state index in [1.54, 1.807) is 17.1 Å². The second-order valence-electron chi connectivity index (χ2n) is 3.91. The first-order chi connectivity index (χ1) is 8.08. The maximum atomic E-state index is 10.7. The Kier molecular flexibility index (Phi) is 2.95. The third-order valence-corrected chi connectivity index (χ3v) is 2.68. The number of nitrogens with zero attached hydrogens (tertiary/aromatic N) is 3. The number of aryl methyl sites for hydroxylation is 1. The Balaban J connectivity index is 2.27. The van der Waals surface area contributed by atoms with Gasteiger partial charge in [0.2, 0.25) is 0 Å². The van der Waals surface area contributed by atoms with Crippen molar-refractivity contribution in [3.63, 3.8) is 0 Å². The summed E-state index contributed by atoms with van der Waals surface area (Å²) < 4.78 is 6.51. The number of carboxylic acid groups (broad SMARTS) is 1. The average Bonchev–Trinajstić information content (AvgIpc) is 2.83. The Bertz CT molecular complexity index is 528. The molecule has 0 unspecified atom stereocenters. The second-order valence-corrected chi connectivity index (χ2v) is 3.91. The number of rotatable bonds is 4. The van der Waals surface area contributed by atoms with Crippen LogP contribution in [0.5, 0.6) is 0 Å². The van der Waals surface area contributed by atoms with Gasteiger partial charge in [0.25, 0.3) is 0 Å². The maximum Gasteiger partial charge on any atom is 0.307 e. The van der Waals surface area contributed by atoms with Crippen molar-refractivity contribution in [3.8, 4) is 0 Å². The minimum Gasteiger partial charge on any atom is -0.481 e. The van der Waals surface area contributed by atoms with E-state index in [4.69, 9.17) is 9.63 Å². The summed E-state index contributed by atoms with van der Waals surface area (Å²) in [6.07, 6.45) is 3.17. The van der Waals surface area contributed by atoms with Crippen molar-refractivity contribution < 1.29 is 14.4 Å². The summed E-state index contributed by atoms with van der Waals surface area (Å²) in [6.45, 7) is 4.22. The van der Waals surface area contributed by atoms with Crippen LogP contribution in [0.3, 0.4) is 0 Å². The number of aliphatic carboxylic acids is 1. The number of hydrogen-bond donors (Lipinski definition) is 1. The topological polar surface area (TPSA) is 81.2 Å². The van der Waals surface area contributed by atoms with Gasteiger partial charge < -0.3 is 9.63 Å². The number of aromatic nitrogens is 3. The maximum absolute atomic E-state index is 10.7. The smallest absolute Gasteiger partial charge is 0.307 e. The van der Waals surface area contributed by atoms with Crippen LogP contribution in [0.1, 0.15) is 22.5 Å². The van der Waals surface area contributed by atoms with E-state index in [9.17, 15) is 4.79 Å². The molecule has 2 aromatic heterocycles. The lowest BCUT2D eigenvalue weighted by Gasteiger charge is -2.02. The van der Waals surface area contributed by atoms with Gasteiger partial charge in [-0.2, -0.15) is 5.10 Å². The fraction of sp³-hybridized carbons (Fsp3) is 0.364. The lowest BCUT2D eigenvalue weighted by molar-refractivity contribution is -0.136. The molecule has 2 heterocycles. The minimum atomic E-state index is -0.847.